The van der Waals surface area contributed by atoms with E-state index >= 15 is 0 Å². The van der Waals surface area contributed by atoms with E-state index in [2.05, 4.69) is 0 Å². The normalized spacial score (nSPS) is 22.3. The van der Waals surface area contributed by atoms with Gasteiger partial charge < -0.3 is 9.64 Å². The van der Waals surface area contributed by atoms with Gasteiger partial charge in [-0.15, -0.1) is 0 Å². The van der Waals surface area contributed by atoms with Crippen LogP contribution in [0.15, 0.2) is 23.5 Å². The van der Waals surface area contributed by atoms with Crippen LogP contribution < -0.4 is 0 Å². The van der Waals surface area contributed by atoms with E-state index in [9.17, 15) is 9.59 Å². The van der Waals surface area contributed by atoms with Crippen molar-refractivity contribution in [2.75, 3.05) is 13.1 Å². The standard InChI is InChI=1S/C13H17NO3/c1-10-9-11(17-13(10)16)5-2-3-7-14-8-4-6-12(14)15/h5,9H,2-4,6-8H2,1H3/b11-5+. The number of carbonyl (C=O) groups excluding carboxylic acids is 2. The van der Waals surface area contributed by atoms with Crippen molar-refractivity contribution in [2.24, 2.45) is 0 Å². The molecule has 4 heteroatoms. The zero-order valence-electron chi connectivity index (χ0n) is 10.1. The quantitative estimate of drug-likeness (QED) is 0.551. The van der Waals surface area contributed by atoms with Crippen LogP contribution in [0.2, 0.25) is 0 Å². The summed E-state index contributed by atoms with van der Waals surface area (Å²) in [6.07, 6.45) is 7.09. The first-order valence-corrected chi connectivity index (χ1v) is 6.05. The molecule has 0 spiro atoms. The number of rotatable bonds is 4. The second kappa shape index (κ2) is 5.17. The van der Waals surface area contributed by atoms with Gasteiger partial charge in [-0.2, -0.15) is 0 Å². The summed E-state index contributed by atoms with van der Waals surface area (Å²) in [5.41, 5.74) is 0.644. The lowest BCUT2D eigenvalue weighted by molar-refractivity contribution is -0.133. The number of likely N-dealkylation sites (tertiary alicyclic amines) is 1. The van der Waals surface area contributed by atoms with Crippen LogP contribution in [0.25, 0.3) is 0 Å². The molecular formula is C13H17NO3. The minimum Gasteiger partial charge on any atom is -0.424 e. The summed E-state index contributed by atoms with van der Waals surface area (Å²) in [5, 5.41) is 0. The zero-order chi connectivity index (χ0) is 12.3. The minimum atomic E-state index is -0.258. The molecule has 92 valence electrons. The van der Waals surface area contributed by atoms with Crippen molar-refractivity contribution < 1.29 is 14.3 Å². The molecule has 2 aliphatic heterocycles. The fraction of sp³-hybridized carbons (Fsp3) is 0.538. The molecule has 0 aromatic rings. The second-order valence-electron chi connectivity index (χ2n) is 4.45. The van der Waals surface area contributed by atoms with Gasteiger partial charge in [0.05, 0.1) is 0 Å². The lowest BCUT2D eigenvalue weighted by Crippen LogP contribution is -2.25. The Hall–Kier alpha value is -1.58. The number of ether oxygens (including phenoxy) is 1. The third kappa shape index (κ3) is 2.96. The Morgan fingerprint density at radius 3 is 2.88 bits per heavy atom. The zero-order valence-corrected chi connectivity index (χ0v) is 10.1. The Bertz CT molecular complexity index is 395. The molecule has 2 heterocycles. The number of carbonyl (C=O) groups is 2. The lowest BCUT2D eigenvalue weighted by atomic mass is 10.2. The highest BCUT2D eigenvalue weighted by atomic mass is 16.5. The average molecular weight is 235 g/mol. The van der Waals surface area contributed by atoms with E-state index in [4.69, 9.17) is 4.74 Å². The molecule has 1 saturated heterocycles. The van der Waals surface area contributed by atoms with Crippen molar-refractivity contribution in [1.29, 1.82) is 0 Å². The van der Waals surface area contributed by atoms with Gasteiger partial charge in [-0.3, -0.25) is 4.79 Å². The molecule has 0 atom stereocenters. The predicted molar refractivity (Wildman–Crippen MR) is 63.0 cm³/mol. The summed E-state index contributed by atoms with van der Waals surface area (Å²) in [5.74, 6) is 0.645. The highest BCUT2D eigenvalue weighted by Crippen LogP contribution is 2.17. The number of unbranched alkanes of at least 4 members (excludes halogenated alkanes) is 1. The molecule has 2 aliphatic rings. The predicted octanol–water partition coefficient (Wildman–Crippen LogP) is 1.78. The highest BCUT2D eigenvalue weighted by molar-refractivity contribution is 5.92. The van der Waals surface area contributed by atoms with Gasteiger partial charge >= 0.3 is 5.97 Å². The van der Waals surface area contributed by atoms with Crippen molar-refractivity contribution in [3.63, 3.8) is 0 Å². The van der Waals surface area contributed by atoms with Gasteiger partial charge in [-0.25, -0.2) is 4.79 Å². The highest BCUT2D eigenvalue weighted by Gasteiger charge is 2.19. The molecule has 0 aromatic carbocycles. The van der Waals surface area contributed by atoms with Crippen LogP contribution in [0.3, 0.4) is 0 Å². The van der Waals surface area contributed by atoms with E-state index in [0.717, 1.165) is 32.4 Å². The maximum Gasteiger partial charge on any atom is 0.339 e. The molecule has 2 rings (SSSR count). The summed E-state index contributed by atoms with van der Waals surface area (Å²) in [6.45, 7) is 3.44. The topological polar surface area (TPSA) is 46.6 Å². The van der Waals surface area contributed by atoms with Crippen molar-refractivity contribution >= 4 is 11.9 Å². The minimum absolute atomic E-state index is 0.258. The summed E-state index contributed by atoms with van der Waals surface area (Å²) >= 11 is 0. The first-order chi connectivity index (χ1) is 8.16. The monoisotopic (exact) mass is 235 g/mol. The number of allylic oxidation sites excluding steroid dienone is 2. The summed E-state index contributed by atoms with van der Waals surface area (Å²) in [4.78, 5) is 24.3. The van der Waals surface area contributed by atoms with E-state index in [1.54, 1.807) is 13.0 Å². The molecule has 0 bridgehead atoms. The molecule has 0 unspecified atom stereocenters. The summed E-state index contributed by atoms with van der Waals surface area (Å²) < 4.78 is 5.02. The fourth-order valence-corrected chi connectivity index (χ4v) is 2.06. The third-order valence-corrected chi connectivity index (χ3v) is 3.04. The number of hydrogen-bond donors (Lipinski definition) is 0. The number of cyclic esters (lactones) is 1. The molecule has 0 aliphatic carbocycles. The van der Waals surface area contributed by atoms with E-state index in [1.807, 2.05) is 11.0 Å². The van der Waals surface area contributed by atoms with Gasteiger partial charge in [0.2, 0.25) is 5.91 Å². The van der Waals surface area contributed by atoms with Gasteiger partial charge in [-0.05, 0) is 38.3 Å². The SMILES string of the molecule is CC1=C/C(=C\CCCN2CCCC2=O)OC1=O. The maximum atomic E-state index is 11.3. The Kier molecular flexibility index (Phi) is 3.61. The second-order valence-corrected chi connectivity index (χ2v) is 4.45. The number of nitrogens with zero attached hydrogens (tertiary/aromatic N) is 1. The van der Waals surface area contributed by atoms with Gasteiger partial charge in [0, 0.05) is 25.1 Å². The Labute approximate surface area is 101 Å². The Morgan fingerprint density at radius 2 is 2.29 bits per heavy atom. The van der Waals surface area contributed by atoms with Crippen molar-refractivity contribution in [3.8, 4) is 0 Å². The molecule has 1 fully saturated rings. The summed E-state index contributed by atoms with van der Waals surface area (Å²) in [6, 6.07) is 0. The number of amides is 1. The van der Waals surface area contributed by atoms with Crippen molar-refractivity contribution in [3.05, 3.63) is 23.5 Å². The van der Waals surface area contributed by atoms with Crippen LogP contribution in [-0.2, 0) is 14.3 Å². The Balaban J connectivity index is 1.71. The fourth-order valence-electron chi connectivity index (χ4n) is 2.06. The average Bonchev–Trinajstić information content (AvgIpc) is 2.82. The van der Waals surface area contributed by atoms with Gasteiger partial charge in [0.25, 0.3) is 0 Å². The van der Waals surface area contributed by atoms with E-state index < -0.39 is 0 Å². The van der Waals surface area contributed by atoms with Gasteiger partial charge in [0.15, 0.2) is 0 Å². The molecule has 1 amide bonds. The molecule has 17 heavy (non-hydrogen) atoms. The largest absolute Gasteiger partial charge is 0.424 e. The smallest absolute Gasteiger partial charge is 0.339 e. The van der Waals surface area contributed by atoms with E-state index in [-0.39, 0.29) is 11.9 Å². The molecule has 0 saturated carbocycles. The van der Waals surface area contributed by atoms with Crippen LogP contribution in [0.1, 0.15) is 32.6 Å². The van der Waals surface area contributed by atoms with Gasteiger partial charge in [-0.1, -0.05) is 0 Å². The molecule has 0 aromatic heterocycles. The lowest BCUT2D eigenvalue weighted by Gasteiger charge is -2.14. The number of hydrogen-bond acceptors (Lipinski definition) is 3. The van der Waals surface area contributed by atoms with E-state index in [0.29, 0.717) is 17.8 Å². The number of esters is 1. The Morgan fingerprint density at radius 1 is 1.47 bits per heavy atom. The third-order valence-electron chi connectivity index (χ3n) is 3.04. The maximum absolute atomic E-state index is 11.3. The van der Waals surface area contributed by atoms with E-state index in [1.165, 1.54) is 0 Å². The summed E-state index contributed by atoms with van der Waals surface area (Å²) in [7, 11) is 0. The first kappa shape index (κ1) is 11.9. The van der Waals surface area contributed by atoms with Crippen LogP contribution in [0, 0.1) is 0 Å². The van der Waals surface area contributed by atoms with Crippen molar-refractivity contribution in [2.45, 2.75) is 32.6 Å². The molecule has 4 nitrogen and oxygen atoms in total. The van der Waals surface area contributed by atoms with Crippen LogP contribution in [0.4, 0.5) is 0 Å². The van der Waals surface area contributed by atoms with Crippen LogP contribution in [-0.4, -0.2) is 29.9 Å². The van der Waals surface area contributed by atoms with Crippen molar-refractivity contribution in [1.82, 2.24) is 4.90 Å². The first-order valence-electron chi connectivity index (χ1n) is 6.05. The van der Waals surface area contributed by atoms with Gasteiger partial charge in [0.1, 0.15) is 5.76 Å². The van der Waals surface area contributed by atoms with Crippen LogP contribution >= 0.6 is 0 Å². The molecule has 0 N–H and O–H groups in total. The van der Waals surface area contributed by atoms with Crippen LogP contribution in [0.5, 0.6) is 0 Å². The molecular weight excluding hydrogens is 218 g/mol. The molecule has 0 radical (unpaired) electrons.